The average Bonchev–Trinajstić information content (AvgIpc) is 3.72. The van der Waals surface area contributed by atoms with E-state index >= 15 is 0 Å². The first-order valence-corrected chi connectivity index (χ1v) is 15.5. The summed E-state index contributed by atoms with van der Waals surface area (Å²) in [5.41, 5.74) is -0.124. The molecule has 10 rings (SSSR count). The van der Waals surface area contributed by atoms with Crippen LogP contribution in [0.3, 0.4) is 0 Å². The summed E-state index contributed by atoms with van der Waals surface area (Å²) in [6.45, 7) is 0. The van der Waals surface area contributed by atoms with Crippen molar-refractivity contribution in [1.29, 1.82) is 0 Å². The Morgan fingerprint density at radius 1 is 0.367 bits per heavy atom. The molecule has 1 aromatic heterocycles. The number of hydrogen-bond donors (Lipinski definition) is 0. The number of furan rings is 1. The van der Waals surface area contributed by atoms with Crippen molar-refractivity contribution in [2.75, 3.05) is 0 Å². The Morgan fingerprint density at radius 2 is 0.959 bits per heavy atom. The van der Waals surface area contributed by atoms with E-state index in [9.17, 15) is 11.0 Å². The van der Waals surface area contributed by atoms with Crippen LogP contribution in [0.15, 0.2) is 186 Å². The van der Waals surface area contributed by atoms with Crippen molar-refractivity contribution in [1.82, 2.24) is 0 Å². The monoisotopic (exact) mass is 639 g/mol. The van der Waals surface area contributed by atoms with E-state index in [4.69, 9.17) is 16.8 Å². The normalized spacial score (nSPS) is 16.5. The maximum absolute atomic E-state index is 9.69. The minimum atomic E-state index is -0.726. The molecule has 0 fully saturated rings. The van der Waals surface area contributed by atoms with Gasteiger partial charge in [-0.05, 0) is 107 Å². The molecule has 0 unspecified atom stereocenters. The van der Waals surface area contributed by atoms with Gasteiger partial charge in [-0.3, -0.25) is 0 Å². The van der Waals surface area contributed by atoms with Gasteiger partial charge in [0.1, 0.15) is 11.2 Å². The first-order valence-electron chi connectivity index (χ1n) is 24.0. The molecular weight excluding hydrogens is 593 g/mol. The van der Waals surface area contributed by atoms with Crippen molar-refractivity contribution in [2.45, 2.75) is 0 Å². The lowest BCUT2D eigenvalue weighted by molar-refractivity contribution is 0.669. The van der Waals surface area contributed by atoms with Crippen LogP contribution in [0.5, 0.6) is 0 Å². The molecule has 0 N–H and O–H groups in total. The molecule has 0 aliphatic heterocycles. The Morgan fingerprint density at radius 3 is 1.67 bits per heavy atom. The third kappa shape index (κ3) is 4.47. The van der Waals surface area contributed by atoms with Gasteiger partial charge in [0.05, 0.1) is 23.3 Å². The highest BCUT2D eigenvalue weighted by Gasteiger charge is 2.20. The van der Waals surface area contributed by atoms with E-state index in [0.29, 0.717) is 32.7 Å². The molecule has 10 aromatic rings. The lowest BCUT2D eigenvalue weighted by Gasteiger charge is -2.18. The summed E-state index contributed by atoms with van der Waals surface area (Å²) < 4.78 is 159. The smallest absolute Gasteiger partial charge is 0.136 e. The molecule has 49 heavy (non-hydrogen) atoms. The molecule has 0 bridgehead atoms. The maximum Gasteiger partial charge on any atom is 0.136 e. The second-order valence-corrected chi connectivity index (χ2v) is 11.5. The van der Waals surface area contributed by atoms with Crippen LogP contribution in [-0.4, -0.2) is 0 Å². The zero-order valence-corrected chi connectivity index (χ0v) is 25.4. The summed E-state index contributed by atoms with van der Waals surface area (Å²) in [5, 5.41) is 0.938. The highest BCUT2D eigenvalue weighted by molar-refractivity contribution is 6.26. The highest BCUT2D eigenvalue weighted by atomic mass is 16.3. The third-order valence-electron chi connectivity index (χ3n) is 8.69. The second-order valence-electron chi connectivity index (χ2n) is 11.5. The van der Waals surface area contributed by atoms with Gasteiger partial charge >= 0.3 is 0 Å². The molecular formula is C48H30O. The summed E-state index contributed by atoms with van der Waals surface area (Å²) in [5.74, 6) is 0. The van der Waals surface area contributed by atoms with Crippen LogP contribution in [0.4, 0.5) is 0 Å². The molecule has 0 aliphatic carbocycles. The average molecular weight is 640 g/mol. The Kier molecular flexibility index (Phi) is 3.54. The van der Waals surface area contributed by atoms with Crippen LogP contribution in [0.25, 0.3) is 98.8 Å². The fourth-order valence-corrected chi connectivity index (χ4v) is 6.55. The Hall–Kier alpha value is -6.44. The molecule has 1 heteroatoms. The van der Waals surface area contributed by atoms with Gasteiger partial charge in [-0.15, -0.1) is 0 Å². The Bertz CT molecular complexity index is 3760. The minimum Gasteiger partial charge on any atom is -0.456 e. The molecule has 0 saturated heterocycles. The van der Waals surface area contributed by atoms with Crippen LogP contribution < -0.4 is 0 Å². The predicted molar refractivity (Wildman–Crippen MR) is 208 cm³/mol. The van der Waals surface area contributed by atoms with Crippen LogP contribution >= 0.6 is 0 Å². The molecule has 228 valence electrons. The minimum absolute atomic E-state index is 0.00698. The molecule has 1 nitrogen and oxygen atoms in total. The first kappa shape index (κ1) is 15.6. The Labute approximate surface area is 308 Å². The molecule has 0 radical (unpaired) electrons. The first-order chi connectivity index (χ1) is 31.4. The predicted octanol–water partition coefficient (Wildman–Crippen LogP) is 13.7. The van der Waals surface area contributed by atoms with Gasteiger partial charge in [-0.25, -0.2) is 0 Å². The third-order valence-corrected chi connectivity index (χ3v) is 8.69. The maximum atomic E-state index is 9.69. The molecule has 0 saturated carbocycles. The van der Waals surface area contributed by atoms with E-state index in [1.807, 2.05) is 0 Å². The van der Waals surface area contributed by atoms with Crippen molar-refractivity contribution < 1.29 is 27.7 Å². The largest absolute Gasteiger partial charge is 0.456 e. The van der Waals surface area contributed by atoms with Gasteiger partial charge in [0.2, 0.25) is 0 Å². The summed E-state index contributed by atoms with van der Waals surface area (Å²) in [7, 11) is 0. The quantitative estimate of drug-likeness (QED) is 0.175. The van der Waals surface area contributed by atoms with Gasteiger partial charge in [0, 0.05) is 10.8 Å². The molecule has 9 aromatic carbocycles. The Balaban J connectivity index is 1.34. The van der Waals surface area contributed by atoms with Gasteiger partial charge in [0.25, 0.3) is 0 Å². The zero-order chi connectivity index (χ0) is 47.1. The van der Waals surface area contributed by atoms with Gasteiger partial charge in [0.15, 0.2) is 0 Å². The van der Waals surface area contributed by atoms with E-state index in [0.717, 1.165) is 0 Å². The van der Waals surface area contributed by atoms with Crippen molar-refractivity contribution in [3.05, 3.63) is 182 Å². The zero-order valence-electron chi connectivity index (χ0n) is 42.4. The van der Waals surface area contributed by atoms with Crippen molar-refractivity contribution in [3.63, 3.8) is 0 Å². The molecule has 0 atom stereocenters. The van der Waals surface area contributed by atoms with E-state index in [1.54, 1.807) is 78.9 Å². The number of benzene rings is 9. The lowest BCUT2D eigenvalue weighted by atomic mass is 9.84. The van der Waals surface area contributed by atoms with Gasteiger partial charge in [-0.1, -0.05) is 151 Å². The summed E-state index contributed by atoms with van der Waals surface area (Å²) in [4.78, 5) is 0. The van der Waals surface area contributed by atoms with Crippen molar-refractivity contribution >= 4 is 54.3 Å². The number of rotatable bonds is 4. The van der Waals surface area contributed by atoms with E-state index < -0.39 is 101 Å². The SMILES string of the molecule is [2H]c1c([2H])c([2H])c(-c2c([2H])c([2H])c3c([2H])c(-c4c5ccccc5c(-c5c([2H])c([2H])c([2H])c6oc7c([2H])c(-c8ccccc8)c([2H])c([2H])c7c56)c5ccccc45)c([2H])c([2H])c3c2[2H])c([2H])c1[2H]. The van der Waals surface area contributed by atoms with E-state index in [-0.39, 0.29) is 67.7 Å². The molecule has 0 aliphatic rings. The number of fused-ring (bicyclic) bond motifs is 6. The van der Waals surface area contributed by atoms with Crippen LogP contribution in [0.2, 0.25) is 0 Å². The fraction of sp³-hybridized carbons (Fsp3) is 0. The molecule has 0 amide bonds. The highest BCUT2D eigenvalue weighted by Crippen LogP contribution is 2.47. The van der Waals surface area contributed by atoms with Crippen molar-refractivity contribution in [3.8, 4) is 44.5 Å². The van der Waals surface area contributed by atoms with Crippen molar-refractivity contribution in [2.24, 2.45) is 0 Å². The standard InChI is InChI=1S/C48H30O/c1-3-12-31(13-4-1)33-22-23-35-29-37(25-24-34(35)28-33)46-38-16-7-9-18-40(38)47(41-19-10-8-17-39(41)46)43-20-11-21-44-48(43)42-27-26-36(30-45(42)49-44)32-14-5-2-6-15-32/h1-30H/i1D,3D,4D,11D,12D,13D,20D,21D,22D,23D,24D,25D,26D,27D,28D,29D,30D. The summed E-state index contributed by atoms with van der Waals surface area (Å²) >= 11 is 0. The van der Waals surface area contributed by atoms with Crippen LogP contribution in [-0.2, 0) is 0 Å². The van der Waals surface area contributed by atoms with Gasteiger partial charge < -0.3 is 4.42 Å². The lowest BCUT2D eigenvalue weighted by Crippen LogP contribution is -1.91. The molecule has 1 heterocycles. The summed E-state index contributed by atoms with van der Waals surface area (Å²) in [6.07, 6.45) is 0. The fourth-order valence-electron chi connectivity index (χ4n) is 6.55. The summed E-state index contributed by atoms with van der Waals surface area (Å²) in [6, 6.07) is 12.9. The van der Waals surface area contributed by atoms with Gasteiger partial charge in [-0.2, -0.15) is 0 Å². The van der Waals surface area contributed by atoms with Crippen LogP contribution in [0.1, 0.15) is 23.3 Å². The second kappa shape index (κ2) is 11.1. The van der Waals surface area contributed by atoms with E-state index in [1.165, 1.54) is 0 Å². The van der Waals surface area contributed by atoms with E-state index in [2.05, 4.69) is 0 Å². The topological polar surface area (TPSA) is 13.1 Å². The number of hydrogen-bond acceptors (Lipinski definition) is 1. The van der Waals surface area contributed by atoms with Crippen LogP contribution in [0, 0.1) is 0 Å². The molecule has 0 spiro atoms.